The third-order valence-electron chi connectivity index (χ3n) is 4.07. The Balaban J connectivity index is 2.58. The van der Waals surface area contributed by atoms with Crippen molar-refractivity contribution >= 4 is 31.8 Å². The van der Waals surface area contributed by atoms with Crippen LogP contribution in [0.1, 0.15) is 31.9 Å². The summed E-state index contributed by atoms with van der Waals surface area (Å²) in [5.41, 5.74) is 1.40. The highest BCUT2D eigenvalue weighted by Crippen LogP contribution is 2.31. The van der Waals surface area contributed by atoms with Crippen LogP contribution in [0, 0.1) is 6.92 Å². The van der Waals surface area contributed by atoms with Gasteiger partial charge in [-0.25, -0.2) is 13.2 Å². The fourth-order valence-corrected chi connectivity index (χ4v) is 5.39. The summed E-state index contributed by atoms with van der Waals surface area (Å²) in [5, 5.41) is 3.94. The summed E-state index contributed by atoms with van der Waals surface area (Å²) in [4.78, 5) is 14.3. The number of halogens is 1. The lowest BCUT2D eigenvalue weighted by Gasteiger charge is -2.17. The monoisotopic (exact) mass is 427 g/mol. The fourth-order valence-electron chi connectivity index (χ4n) is 2.73. The van der Waals surface area contributed by atoms with Crippen molar-refractivity contribution < 1.29 is 13.2 Å². The van der Waals surface area contributed by atoms with Crippen molar-refractivity contribution in [1.82, 2.24) is 14.7 Å². The SMILES string of the molecule is CCc1cccc(C)c1S(=O)(=O)c1nn(C(=O)N(CC)CC)cc1Br. The van der Waals surface area contributed by atoms with E-state index in [-0.39, 0.29) is 20.4 Å². The van der Waals surface area contributed by atoms with E-state index < -0.39 is 9.84 Å². The molecule has 6 nitrogen and oxygen atoms in total. The molecule has 0 atom stereocenters. The third-order valence-corrected chi connectivity index (χ3v) is 6.84. The summed E-state index contributed by atoms with van der Waals surface area (Å²) in [7, 11) is -3.84. The maximum Gasteiger partial charge on any atom is 0.344 e. The van der Waals surface area contributed by atoms with Gasteiger partial charge in [-0.2, -0.15) is 9.78 Å². The minimum Gasteiger partial charge on any atom is -0.323 e. The van der Waals surface area contributed by atoms with Gasteiger partial charge in [0.05, 0.1) is 15.6 Å². The number of aryl methyl sites for hydroxylation is 2. The zero-order chi connectivity index (χ0) is 18.8. The number of nitrogens with zero attached hydrogens (tertiary/aromatic N) is 3. The fraction of sp³-hybridized carbons (Fsp3) is 0.412. The smallest absolute Gasteiger partial charge is 0.323 e. The first-order valence-electron chi connectivity index (χ1n) is 8.15. The van der Waals surface area contributed by atoms with Crippen LogP contribution in [0.4, 0.5) is 4.79 Å². The van der Waals surface area contributed by atoms with Crippen LogP contribution in [0.25, 0.3) is 0 Å². The summed E-state index contributed by atoms with van der Waals surface area (Å²) < 4.78 is 27.7. The van der Waals surface area contributed by atoms with E-state index in [9.17, 15) is 13.2 Å². The molecule has 0 aliphatic rings. The first-order chi connectivity index (χ1) is 11.8. The van der Waals surface area contributed by atoms with Crippen LogP contribution in [-0.4, -0.2) is 42.2 Å². The van der Waals surface area contributed by atoms with E-state index in [0.29, 0.717) is 25.1 Å². The highest BCUT2D eigenvalue weighted by Gasteiger charge is 2.29. The van der Waals surface area contributed by atoms with Crippen molar-refractivity contribution in [2.24, 2.45) is 0 Å². The van der Waals surface area contributed by atoms with Crippen molar-refractivity contribution in [2.75, 3.05) is 13.1 Å². The van der Waals surface area contributed by atoms with Crippen LogP contribution in [0.3, 0.4) is 0 Å². The van der Waals surface area contributed by atoms with Gasteiger partial charge in [0, 0.05) is 13.1 Å². The summed E-state index contributed by atoms with van der Waals surface area (Å²) >= 11 is 3.25. The lowest BCUT2D eigenvalue weighted by molar-refractivity contribution is 0.201. The number of rotatable bonds is 5. The number of amides is 1. The Bertz CT molecular complexity index is 887. The molecule has 2 rings (SSSR count). The molecule has 8 heteroatoms. The molecule has 0 N–H and O–H groups in total. The number of aromatic nitrogens is 2. The molecular weight excluding hydrogens is 406 g/mol. The number of hydrogen-bond donors (Lipinski definition) is 0. The van der Waals surface area contributed by atoms with Gasteiger partial charge in [-0.1, -0.05) is 25.1 Å². The Morgan fingerprint density at radius 1 is 1.24 bits per heavy atom. The maximum atomic E-state index is 13.2. The molecule has 0 aliphatic heterocycles. The largest absolute Gasteiger partial charge is 0.344 e. The average Bonchev–Trinajstić information content (AvgIpc) is 2.98. The number of sulfone groups is 1. The van der Waals surface area contributed by atoms with Gasteiger partial charge in [-0.05, 0) is 54.2 Å². The Morgan fingerprint density at radius 3 is 2.44 bits per heavy atom. The molecule has 1 aromatic carbocycles. The Hall–Kier alpha value is -1.67. The molecule has 2 aromatic rings. The first-order valence-corrected chi connectivity index (χ1v) is 10.4. The topological polar surface area (TPSA) is 72.3 Å². The first kappa shape index (κ1) is 19.7. The summed E-state index contributed by atoms with van der Waals surface area (Å²) in [5.74, 6) is 0. The molecule has 0 unspecified atom stereocenters. The van der Waals surface area contributed by atoms with E-state index in [1.165, 1.54) is 6.20 Å². The number of hydrogen-bond acceptors (Lipinski definition) is 4. The summed E-state index contributed by atoms with van der Waals surface area (Å²) in [6.07, 6.45) is 1.99. The molecule has 1 amide bonds. The lowest BCUT2D eigenvalue weighted by Crippen LogP contribution is -2.34. The second-order valence-electron chi connectivity index (χ2n) is 5.60. The van der Waals surface area contributed by atoms with Gasteiger partial charge in [0.2, 0.25) is 9.84 Å². The van der Waals surface area contributed by atoms with Gasteiger partial charge in [0.1, 0.15) is 0 Å². The molecule has 0 saturated carbocycles. The average molecular weight is 428 g/mol. The zero-order valence-electron chi connectivity index (χ0n) is 14.8. The molecule has 0 aliphatic carbocycles. The van der Waals surface area contributed by atoms with Crippen LogP contribution in [0.2, 0.25) is 0 Å². The predicted molar refractivity (Wildman–Crippen MR) is 99.7 cm³/mol. The minimum atomic E-state index is -3.84. The highest BCUT2D eigenvalue weighted by molar-refractivity contribution is 9.10. The van der Waals surface area contributed by atoms with Gasteiger partial charge in [0.15, 0.2) is 5.03 Å². The molecule has 25 heavy (non-hydrogen) atoms. The van der Waals surface area contributed by atoms with Crippen molar-refractivity contribution in [1.29, 1.82) is 0 Å². The highest BCUT2D eigenvalue weighted by atomic mass is 79.9. The molecule has 0 saturated heterocycles. The van der Waals surface area contributed by atoms with E-state index in [1.807, 2.05) is 26.8 Å². The molecule has 1 heterocycles. The lowest BCUT2D eigenvalue weighted by atomic mass is 10.1. The maximum absolute atomic E-state index is 13.2. The van der Waals surface area contributed by atoms with Crippen molar-refractivity contribution in [3.8, 4) is 0 Å². The predicted octanol–water partition coefficient (Wildman–Crippen LogP) is 3.66. The van der Waals surface area contributed by atoms with E-state index >= 15 is 0 Å². The van der Waals surface area contributed by atoms with Crippen LogP contribution in [0.5, 0.6) is 0 Å². The van der Waals surface area contributed by atoms with Gasteiger partial charge < -0.3 is 4.90 Å². The van der Waals surface area contributed by atoms with Crippen molar-refractivity contribution in [2.45, 2.75) is 44.0 Å². The molecule has 136 valence electrons. The van der Waals surface area contributed by atoms with E-state index in [4.69, 9.17) is 0 Å². The molecule has 1 aromatic heterocycles. The zero-order valence-corrected chi connectivity index (χ0v) is 17.2. The Kier molecular flexibility index (Phi) is 6.05. The minimum absolute atomic E-state index is 0.142. The van der Waals surface area contributed by atoms with Gasteiger partial charge in [0.25, 0.3) is 0 Å². The van der Waals surface area contributed by atoms with E-state index in [0.717, 1.165) is 10.2 Å². The van der Waals surface area contributed by atoms with Crippen LogP contribution in [0.15, 0.2) is 38.8 Å². The summed E-state index contributed by atoms with van der Waals surface area (Å²) in [6.45, 7) is 8.43. The number of carbonyl (C=O) groups is 1. The number of carbonyl (C=O) groups excluding carboxylic acids is 1. The third kappa shape index (κ3) is 3.64. The van der Waals surface area contributed by atoms with Crippen LogP contribution in [-0.2, 0) is 16.3 Å². The quantitative estimate of drug-likeness (QED) is 0.729. The molecule has 0 bridgehead atoms. The standard InChI is InChI=1S/C17H22BrN3O3S/c1-5-13-10-8-9-12(4)15(13)25(23,24)16-14(18)11-21(19-16)17(22)20(6-2)7-3/h8-11H,5-7H2,1-4H3. The van der Waals surface area contributed by atoms with Crippen molar-refractivity contribution in [3.63, 3.8) is 0 Å². The normalized spacial score (nSPS) is 11.6. The Labute approximate surface area is 156 Å². The summed E-state index contributed by atoms with van der Waals surface area (Å²) in [6, 6.07) is 5.04. The molecule has 0 radical (unpaired) electrons. The molecule has 0 fully saturated rings. The van der Waals surface area contributed by atoms with Crippen molar-refractivity contribution in [3.05, 3.63) is 40.0 Å². The van der Waals surface area contributed by atoms with Crippen LogP contribution < -0.4 is 0 Å². The Morgan fingerprint density at radius 2 is 1.88 bits per heavy atom. The van der Waals surface area contributed by atoms with Gasteiger partial charge in [-0.3, -0.25) is 0 Å². The van der Waals surface area contributed by atoms with E-state index in [2.05, 4.69) is 21.0 Å². The second kappa shape index (κ2) is 7.70. The second-order valence-corrected chi connectivity index (χ2v) is 8.26. The van der Waals surface area contributed by atoms with Crippen LogP contribution >= 0.6 is 15.9 Å². The van der Waals surface area contributed by atoms with E-state index in [1.54, 1.807) is 24.0 Å². The molecule has 0 spiro atoms. The molecular formula is C17H22BrN3O3S. The number of benzene rings is 1. The van der Waals surface area contributed by atoms with Gasteiger partial charge >= 0.3 is 6.03 Å². The van der Waals surface area contributed by atoms with Gasteiger partial charge in [-0.15, -0.1) is 0 Å².